The molecular formula is C30H36ClF3N2O6. The van der Waals surface area contributed by atoms with Gasteiger partial charge in [0.1, 0.15) is 0 Å². The molecule has 0 spiro atoms. The highest BCUT2D eigenvalue weighted by Crippen LogP contribution is 2.59. The Labute approximate surface area is 248 Å². The van der Waals surface area contributed by atoms with E-state index in [1.54, 1.807) is 52.8 Å². The lowest BCUT2D eigenvalue weighted by Gasteiger charge is -2.47. The number of amides is 1. The summed E-state index contributed by atoms with van der Waals surface area (Å²) in [4.78, 5) is 31.3. The van der Waals surface area contributed by atoms with Crippen LogP contribution in [0.25, 0.3) is 0 Å². The van der Waals surface area contributed by atoms with Crippen LogP contribution in [0.3, 0.4) is 0 Å². The molecule has 230 valence electrons. The van der Waals surface area contributed by atoms with Crippen LogP contribution in [-0.2, 0) is 22.3 Å². The van der Waals surface area contributed by atoms with E-state index in [4.69, 9.17) is 21.1 Å². The van der Waals surface area contributed by atoms with Gasteiger partial charge in [0.15, 0.2) is 5.54 Å². The number of carboxylic acid groups (broad SMARTS) is 2. The molecule has 2 aromatic rings. The fourth-order valence-electron chi connectivity index (χ4n) is 6.38. The molecule has 8 nitrogen and oxygen atoms in total. The number of ether oxygens (including phenoxy) is 2. The molecule has 1 fully saturated rings. The molecule has 1 aromatic heterocycles. The zero-order chi connectivity index (χ0) is 31.8. The minimum Gasteiger partial charge on any atom is -0.481 e. The van der Waals surface area contributed by atoms with E-state index in [0.29, 0.717) is 22.3 Å². The minimum atomic E-state index is -4.69. The number of hydrogen-bond acceptors (Lipinski definition) is 5. The molecule has 12 heteroatoms. The Morgan fingerprint density at radius 3 is 2.40 bits per heavy atom. The maximum Gasteiger partial charge on any atom is 0.417 e. The van der Waals surface area contributed by atoms with Crippen molar-refractivity contribution in [1.82, 2.24) is 9.88 Å². The van der Waals surface area contributed by atoms with Crippen molar-refractivity contribution in [3.63, 3.8) is 0 Å². The standard InChI is InChI=1S/C30H36ClF3N2O6/c1-8-10-16(2)29(26(37)38)24(28(4,5)6)23(22(36(29)27(39)40)20-11-9-12-21(31)17(20)3)42-15-18-13-19(30(32,33)34)14-35-25(18)41-7/h8-9,11-14,16,22-24H,1,10,15H2,2-7H3,(H,37,38)(H,39,40)/t16?,22-,23+,24+,29-/m0/s1. The quantitative estimate of drug-likeness (QED) is 0.284. The van der Waals surface area contributed by atoms with Gasteiger partial charge in [0.05, 0.1) is 31.4 Å². The summed E-state index contributed by atoms with van der Waals surface area (Å²) >= 11 is 6.44. The molecule has 0 aliphatic carbocycles. The van der Waals surface area contributed by atoms with Gasteiger partial charge in [-0.1, -0.05) is 57.5 Å². The number of aliphatic carboxylic acids is 1. The summed E-state index contributed by atoms with van der Waals surface area (Å²) < 4.78 is 52.2. The van der Waals surface area contributed by atoms with Gasteiger partial charge in [-0.3, -0.25) is 4.90 Å². The van der Waals surface area contributed by atoms with E-state index in [1.165, 1.54) is 13.2 Å². The first-order valence-corrected chi connectivity index (χ1v) is 13.7. The van der Waals surface area contributed by atoms with Crippen LogP contribution >= 0.6 is 11.6 Å². The number of pyridine rings is 1. The van der Waals surface area contributed by atoms with E-state index in [0.717, 1.165) is 11.0 Å². The first-order chi connectivity index (χ1) is 19.4. The molecule has 1 unspecified atom stereocenters. The maximum absolute atomic E-state index is 13.5. The maximum atomic E-state index is 13.5. The van der Waals surface area contributed by atoms with Crippen molar-refractivity contribution in [2.75, 3.05) is 7.11 Å². The lowest BCUT2D eigenvalue weighted by atomic mass is 9.62. The van der Waals surface area contributed by atoms with Crippen LogP contribution in [0.2, 0.25) is 5.02 Å². The fourth-order valence-corrected chi connectivity index (χ4v) is 6.57. The van der Waals surface area contributed by atoms with Crippen LogP contribution in [0.1, 0.15) is 62.4 Å². The lowest BCUT2D eigenvalue weighted by molar-refractivity contribution is -0.160. The number of halogens is 4. The van der Waals surface area contributed by atoms with E-state index in [-0.39, 0.29) is 17.9 Å². The van der Waals surface area contributed by atoms with Crippen LogP contribution in [-0.4, -0.2) is 50.9 Å². The predicted octanol–water partition coefficient (Wildman–Crippen LogP) is 7.39. The van der Waals surface area contributed by atoms with Crippen molar-refractivity contribution in [2.24, 2.45) is 17.3 Å². The summed E-state index contributed by atoms with van der Waals surface area (Å²) in [6.07, 6.45) is -4.97. The number of rotatable bonds is 9. The summed E-state index contributed by atoms with van der Waals surface area (Å²) in [5, 5.41) is 22.0. The number of aromatic nitrogens is 1. The van der Waals surface area contributed by atoms with Gasteiger partial charge in [-0.25, -0.2) is 14.6 Å². The molecule has 1 amide bonds. The van der Waals surface area contributed by atoms with E-state index < -0.39 is 65.3 Å². The fraction of sp³-hybridized carbons (Fsp3) is 0.500. The normalized spacial score (nSPS) is 23.5. The summed E-state index contributed by atoms with van der Waals surface area (Å²) in [6.45, 7) is 12.0. The van der Waals surface area contributed by atoms with E-state index in [9.17, 15) is 33.0 Å². The van der Waals surface area contributed by atoms with Crippen molar-refractivity contribution in [1.29, 1.82) is 0 Å². The molecule has 3 rings (SSSR count). The molecule has 5 atom stereocenters. The number of benzene rings is 1. The Morgan fingerprint density at radius 1 is 1.26 bits per heavy atom. The van der Waals surface area contributed by atoms with Gasteiger partial charge in [-0.15, -0.1) is 6.58 Å². The average Bonchev–Trinajstić information content (AvgIpc) is 3.21. The zero-order valence-corrected chi connectivity index (χ0v) is 25.1. The number of methoxy groups -OCH3 is 1. The molecule has 42 heavy (non-hydrogen) atoms. The molecule has 2 heterocycles. The average molecular weight is 613 g/mol. The van der Waals surface area contributed by atoms with E-state index >= 15 is 0 Å². The van der Waals surface area contributed by atoms with Crippen molar-refractivity contribution in [3.8, 4) is 5.88 Å². The number of alkyl halides is 3. The van der Waals surface area contributed by atoms with Gasteiger partial charge in [0, 0.05) is 22.7 Å². The minimum absolute atomic E-state index is 0.0320. The van der Waals surface area contributed by atoms with Crippen LogP contribution < -0.4 is 4.74 Å². The Hall–Kier alpha value is -3.31. The van der Waals surface area contributed by atoms with Crippen LogP contribution in [0.5, 0.6) is 5.88 Å². The van der Waals surface area contributed by atoms with Crippen LogP contribution in [0.4, 0.5) is 18.0 Å². The Balaban J connectivity index is 2.35. The summed E-state index contributed by atoms with van der Waals surface area (Å²) in [5.74, 6) is -3.23. The highest BCUT2D eigenvalue weighted by molar-refractivity contribution is 6.31. The van der Waals surface area contributed by atoms with Crippen molar-refractivity contribution >= 4 is 23.7 Å². The third kappa shape index (κ3) is 5.81. The zero-order valence-electron chi connectivity index (χ0n) is 24.3. The number of nitrogens with zero attached hydrogens (tertiary/aromatic N) is 2. The van der Waals surface area contributed by atoms with Crippen molar-refractivity contribution in [3.05, 3.63) is 70.4 Å². The van der Waals surface area contributed by atoms with Gasteiger partial charge in [-0.2, -0.15) is 13.2 Å². The van der Waals surface area contributed by atoms with Crippen LogP contribution in [0, 0.1) is 24.2 Å². The second-order valence-corrected chi connectivity index (χ2v) is 12.0. The molecular weight excluding hydrogens is 577 g/mol. The Morgan fingerprint density at radius 2 is 1.90 bits per heavy atom. The molecule has 1 saturated heterocycles. The number of allylic oxidation sites excluding steroid dienone is 1. The first kappa shape index (κ1) is 33.2. The Bertz CT molecular complexity index is 1350. The second kappa shape index (κ2) is 12.1. The van der Waals surface area contributed by atoms with E-state index in [1.807, 2.05) is 0 Å². The number of likely N-dealkylation sites (tertiary alicyclic amines) is 1. The van der Waals surface area contributed by atoms with Gasteiger partial charge >= 0.3 is 18.2 Å². The van der Waals surface area contributed by atoms with Crippen LogP contribution in [0.15, 0.2) is 43.1 Å². The van der Waals surface area contributed by atoms with Crippen molar-refractivity contribution in [2.45, 2.75) is 71.5 Å². The molecule has 0 bridgehead atoms. The lowest BCUT2D eigenvalue weighted by Crippen LogP contribution is -2.63. The highest BCUT2D eigenvalue weighted by atomic mass is 35.5. The number of hydrogen-bond donors (Lipinski definition) is 2. The second-order valence-electron chi connectivity index (χ2n) is 11.6. The molecule has 2 N–H and O–H groups in total. The van der Waals surface area contributed by atoms with Gasteiger partial charge in [-0.05, 0) is 47.9 Å². The van der Waals surface area contributed by atoms with Crippen molar-refractivity contribution < 1.29 is 42.4 Å². The third-order valence-corrected chi connectivity index (χ3v) is 8.46. The molecule has 0 saturated carbocycles. The Kier molecular flexibility index (Phi) is 9.58. The summed E-state index contributed by atoms with van der Waals surface area (Å²) in [6, 6.07) is 4.58. The monoisotopic (exact) mass is 612 g/mol. The van der Waals surface area contributed by atoms with Gasteiger partial charge < -0.3 is 19.7 Å². The molecule has 0 radical (unpaired) electrons. The number of carbonyl (C=O) groups is 2. The smallest absolute Gasteiger partial charge is 0.417 e. The topological polar surface area (TPSA) is 109 Å². The summed E-state index contributed by atoms with van der Waals surface area (Å²) in [5.41, 5.74) is -2.99. The van der Waals surface area contributed by atoms with Gasteiger partial charge in [0.2, 0.25) is 5.88 Å². The van der Waals surface area contributed by atoms with E-state index in [2.05, 4.69) is 11.6 Å². The largest absolute Gasteiger partial charge is 0.481 e. The molecule has 1 aliphatic rings. The molecule has 1 aromatic carbocycles. The SMILES string of the molecule is C=CCC(C)[C@@]1(C(=O)O)[C@@H](C(C)(C)C)[C@H](OCc2cc(C(F)(F)F)cnc2OC)[C@H](c2cccc(Cl)c2C)N1C(=O)O. The van der Waals surface area contributed by atoms with Gasteiger partial charge in [0.25, 0.3) is 0 Å². The predicted molar refractivity (Wildman–Crippen MR) is 150 cm³/mol. The third-order valence-electron chi connectivity index (χ3n) is 8.05. The number of carboxylic acids is 1. The first-order valence-electron chi connectivity index (χ1n) is 13.3. The molecule has 1 aliphatic heterocycles. The highest BCUT2D eigenvalue weighted by Gasteiger charge is 2.70. The summed E-state index contributed by atoms with van der Waals surface area (Å²) in [7, 11) is 1.25.